The van der Waals surface area contributed by atoms with E-state index in [0.717, 1.165) is 56.3 Å². The van der Waals surface area contributed by atoms with Crippen molar-refractivity contribution < 1.29 is 4.79 Å². The van der Waals surface area contributed by atoms with Gasteiger partial charge in [0.05, 0.1) is 11.2 Å². The van der Waals surface area contributed by atoms with Crippen molar-refractivity contribution in [2.24, 2.45) is 0 Å². The minimum atomic E-state index is 0.00955. The van der Waals surface area contributed by atoms with Crippen molar-refractivity contribution in [3.05, 3.63) is 16.1 Å². The molecule has 1 amide bonds. The second kappa shape index (κ2) is 6.82. The fourth-order valence-corrected chi connectivity index (χ4v) is 2.76. The predicted octanol–water partition coefficient (Wildman–Crippen LogP) is 0.477. The van der Waals surface area contributed by atoms with Crippen LogP contribution < -0.4 is 10.6 Å². The normalized spacial score (nSPS) is 16.7. The quantitative estimate of drug-likeness (QED) is 0.763. The number of rotatable bonds is 5. The van der Waals surface area contributed by atoms with Gasteiger partial charge in [0.15, 0.2) is 0 Å². The number of aromatic nitrogens is 1. The third-order valence-electron chi connectivity index (χ3n) is 3.10. The summed E-state index contributed by atoms with van der Waals surface area (Å²) in [5, 5.41) is 6.29. The van der Waals surface area contributed by atoms with E-state index < -0.39 is 0 Å². The predicted molar refractivity (Wildman–Crippen MR) is 73.1 cm³/mol. The number of piperazine rings is 1. The molecular formula is C12H20N4OS. The third kappa shape index (κ3) is 3.76. The van der Waals surface area contributed by atoms with Crippen LogP contribution in [0, 0.1) is 6.92 Å². The molecule has 0 aromatic carbocycles. The summed E-state index contributed by atoms with van der Waals surface area (Å²) in [4.78, 5) is 19.1. The summed E-state index contributed by atoms with van der Waals surface area (Å²) in [6.45, 7) is 8.04. The van der Waals surface area contributed by atoms with E-state index in [1.807, 2.05) is 6.92 Å². The molecular weight excluding hydrogens is 248 g/mol. The van der Waals surface area contributed by atoms with Gasteiger partial charge in [-0.15, -0.1) is 11.3 Å². The molecule has 2 heterocycles. The van der Waals surface area contributed by atoms with Crippen molar-refractivity contribution in [2.45, 2.75) is 13.3 Å². The summed E-state index contributed by atoms with van der Waals surface area (Å²) in [5.74, 6) is 0.00955. The van der Waals surface area contributed by atoms with Crippen LogP contribution in [0.2, 0.25) is 0 Å². The molecule has 1 fully saturated rings. The molecule has 0 bridgehead atoms. The average Bonchev–Trinajstić information content (AvgIpc) is 2.82. The number of hydrogen-bond donors (Lipinski definition) is 2. The van der Waals surface area contributed by atoms with Gasteiger partial charge in [0, 0.05) is 32.7 Å². The number of nitrogens with zero attached hydrogens (tertiary/aromatic N) is 2. The summed E-state index contributed by atoms with van der Waals surface area (Å²) in [7, 11) is 0. The molecule has 0 unspecified atom stereocenters. The van der Waals surface area contributed by atoms with Crippen molar-refractivity contribution in [1.29, 1.82) is 0 Å². The van der Waals surface area contributed by atoms with Crippen molar-refractivity contribution >= 4 is 17.2 Å². The molecule has 6 heteroatoms. The van der Waals surface area contributed by atoms with E-state index >= 15 is 0 Å². The molecule has 0 spiro atoms. The van der Waals surface area contributed by atoms with Gasteiger partial charge in [-0.05, 0) is 19.9 Å². The topological polar surface area (TPSA) is 57.3 Å². The Labute approximate surface area is 112 Å². The Balaban J connectivity index is 1.63. The van der Waals surface area contributed by atoms with Crippen LogP contribution in [0.15, 0.2) is 5.51 Å². The van der Waals surface area contributed by atoms with Gasteiger partial charge in [0.2, 0.25) is 0 Å². The Hall–Kier alpha value is -0.980. The first kappa shape index (κ1) is 13.5. The summed E-state index contributed by atoms with van der Waals surface area (Å²) in [5.41, 5.74) is 2.53. The number of aryl methyl sites for hydroxylation is 1. The molecule has 1 saturated heterocycles. The lowest BCUT2D eigenvalue weighted by Gasteiger charge is -2.27. The number of hydrogen-bond acceptors (Lipinski definition) is 5. The second-order valence-electron chi connectivity index (χ2n) is 4.47. The number of carbonyl (C=O) groups is 1. The number of thiazole rings is 1. The molecule has 0 radical (unpaired) electrons. The zero-order chi connectivity index (χ0) is 12.8. The first-order chi connectivity index (χ1) is 8.77. The average molecular weight is 268 g/mol. The molecule has 5 nitrogen and oxygen atoms in total. The van der Waals surface area contributed by atoms with Crippen LogP contribution >= 0.6 is 11.3 Å². The zero-order valence-corrected chi connectivity index (χ0v) is 11.6. The van der Waals surface area contributed by atoms with E-state index in [4.69, 9.17) is 0 Å². The Bertz CT molecular complexity index is 387. The van der Waals surface area contributed by atoms with Crippen LogP contribution in [0.25, 0.3) is 0 Å². The number of amides is 1. The Kier molecular flexibility index (Phi) is 5.10. The van der Waals surface area contributed by atoms with Gasteiger partial charge in [-0.1, -0.05) is 0 Å². The van der Waals surface area contributed by atoms with E-state index in [9.17, 15) is 4.79 Å². The highest BCUT2D eigenvalue weighted by Crippen LogP contribution is 2.11. The van der Waals surface area contributed by atoms with Crippen LogP contribution in [0.3, 0.4) is 0 Å². The van der Waals surface area contributed by atoms with Crippen molar-refractivity contribution in [1.82, 2.24) is 20.5 Å². The fraction of sp³-hybridized carbons (Fsp3) is 0.667. The van der Waals surface area contributed by atoms with Crippen molar-refractivity contribution in [3.63, 3.8) is 0 Å². The second-order valence-corrected chi connectivity index (χ2v) is 5.32. The minimum Gasteiger partial charge on any atom is -0.351 e. The molecule has 0 saturated carbocycles. The standard InChI is InChI=1S/C12H20N4OS/c1-10-11(18-9-15-10)12(17)14-3-2-6-16-7-4-13-5-8-16/h9,13H,2-8H2,1H3,(H,14,17). The Morgan fingerprint density at radius 2 is 2.33 bits per heavy atom. The van der Waals surface area contributed by atoms with Crippen molar-refractivity contribution in [3.8, 4) is 0 Å². The molecule has 2 N–H and O–H groups in total. The largest absolute Gasteiger partial charge is 0.351 e. The van der Waals surface area contributed by atoms with Crippen molar-refractivity contribution in [2.75, 3.05) is 39.3 Å². The fourth-order valence-electron chi connectivity index (χ4n) is 2.04. The molecule has 1 aromatic rings. The lowest BCUT2D eigenvalue weighted by Crippen LogP contribution is -2.44. The molecule has 2 rings (SSSR count). The summed E-state index contributed by atoms with van der Waals surface area (Å²) in [6, 6.07) is 0. The first-order valence-corrected chi connectivity index (χ1v) is 7.26. The minimum absolute atomic E-state index is 0.00955. The third-order valence-corrected chi connectivity index (χ3v) is 4.03. The molecule has 100 valence electrons. The molecule has 0 aliphatic carbocycles. The highest BCUT2D eigenvalue weighted by Gasteiger charge is 2.12. The van der Waals surface area contributed by atoms with Gasteiger partial charge in [0.25, 0.3) is 5.91 Å². The monoisotopic (exact) mass is 268 g/mol. The van der Waals surface area contributed by atoms with Crippen LogP contribution in [0.4, 0.5) is 0 Å². The Morgan fingerprint density at radius 1 is 1.56 bits per heavy atom. The highest BCUT2D eigenvalue weighted by atomic mass is 32.1. The van der Waals surface area contributed by atoms with Gasteiger partial charge in [-0.3, -0.25) is 4.79 Å². The summed E-state index contributed by atoms with van der Waals surface area (Å²) >= 11 is 1.40. The lowest BCUT2D eigenvalue weighted by atomic mass is 10.3. The molecule has 18 heavy (non-hydrogen) atoms. The van der Waals surface area contributed by atoms with Crippen LogP contribution in [0.5, 0.6) is 0 Å². The van der Waals surface area contributed by atoms with E-state index in [0.29, 0.717) is 0 Å². The summed E-state index contributed by atoms with van der Waals surface area (Å²) in [6.07, 6.45) is 1.00. The maximum atomic E-state index is 11.8. The van der Waals surface area contributed by atoms with Gasteiger partial charge in [-0.2, -0.15) is 0 Å². The summed E-state index contributed by atoms with van der Waals surface area (Å²) < 4.78 is 0. The van der Waals surface area contributed by atoms with E-state index in [-0.39, 0.29) is 5.91 Å². The lowest BCUT2D eigenvalue weighted by molar-refractivity contribution is 0.0954. The highest BCUT2D eigenvalue weighted by molar-refractivity contribution is 7.11. The number of nitrogens with one attached hydrogen (secondary N) is 2. The van der Waals surface area contributed by atoms with Gasteiger partial charge in [0.1, 0.15) is 4.88 Å². The van der Waals surface area contributed by atoms with Gasteiger partial charge in [-0.25, -0.2) is 4.98 Å². The van der Waals surface area contributed by atoms with Gasteiger partial charge >= 0.3 is 0 Å². The first-order valence-electron chi connectivity index (χ1n) is 6.39. The molecule has 1 aromatic heterocycles. The van der Waals surface area contributed by atoms with Crippen LogP contribution in [-0.2, 0) is 0 Å². The number of carbonyl (C=O) groups excluding carboxylic acids is 1. The zero-order valence-electron chi connectivity index (χ0n) is 10.7. The Morgan fingerprint density at radius 3 is 3.00 bits per heavy atom. The maximum Gasteiger partial charge on any atom is 0.263 e. The van der Waals surface area contributed by atoms with Crippen LogP contribution in [0.1, 0.15) is 21.8 Å². The van der Waals surface area contributed by atoms with E-state index in [1.165, 1.54) is 11.3 Å². The maximum absolute atomic E-state index is 11.8. The van der Waals surface area contributed by atoms with Gasteiger partial charge < -0.3 is 15.5 Å². The molecule has 1 aliphatic heterocycles. The van der Waals surface area contributed by atoms with Crippen LogP contribution in [-0.4, -0.2) is 55.1 Å². The SMILES string of the molecule is Cc1ncsc1C(=O)NCCCN1CCNCC1. The smallest absolute Gasteiger partial charge is 0.263 e. The molecule has 0 atom stereocenters. The molecule has 1 aliphatic rings. The van der Waals surface area contributed by atoms with E-state index in [1.54, 1.807) is 5.51 Å². The van der Waals surface area contributed by atoms with E-state index in [2.05, 4.69) is 20.5 Å².